The van der Waals surface area contributed by atoms with Crippen LogP contribution in [0, 0.1) is 6.92 Å². The summed E-state index contributed by atoms with van der Waals surface area (Å²) >= 11 is 3.64. The summed E-state index contributed by atoms with van der Waals surface area (Å²) in [7, 11) is 0. The highest BCUT2D eigenvalue weighted by molar-refractivity contribution is 9.10. The van der Waals surface area contributed by atoms with Crippen molar-refractivity contribution >= 4 is 15.9 Å². The highest BCUT2D eigenvalue weighted by Crippen LogP contribution is 2.33. The summed E-state index contributed by atoms with van der Waals surface area (Å²) in [5.74, 6) is 0.514. The number of benzene rings is 1. The van der Waals surface area contributed by atoms with Gasteiger partial charge in [0.15, 0.2) is 0 Å². The number of aromatic amines is 1. The third kappa shape index (κ3) is 2.90. The average molecular weight is 322 g/mol. The van der Waals surface area contributed by atoms with Crippen LogP contribution in [-0.2, 0) is 6.42 Å². The van der Waals surface area contributed by atoms with Crippen molar-refractivity contribution in [1.29, 1.82) is 0 Å². The minimum atomic E-state index is 0.514. The van der Waals surface area contributed by atoms with Gasteiger partial charge < -0.3 is 5.73 Å². The van der Waals surface area contributed by atoms with Gasteiger partial charge in [-0.25, -0.2) is 0 Å². The van der Waals surface area contributed by atoms with Gasteiger partial charge in [0.25, 0.3) is 0 Å². The van der Waals surface area contributed by atoms with E-state index >= 15 is 0 Å². The molecule has 0 saturated heterocycles. The van der Waals surface area contributed by atoms with Gasteiger partial charge >= 0.3 is 0 Å². The number of hydrogen-bond acceptors (Lipinski definition) is 2. The first kappa shape index (κ1) is 14.3. The van der Waals surface area contributed by atoms with Gasteiger partial charge in [-0.3, -0.25) is 5.10 Å². The zero-order chi connectivity index (χ0) is 14.0. The van der Waals surface area contributed by atoms with Crippen molar-refractivity contribution in [3.05, 3.63) is 39.5 Å². The Balaban J connectivity index is 2.49. The van der Waals surface area contributed by atoms with E-state index < -0.39 is 0 Å². The van der Waals surface area contributed by atoms with E-state index in [4.69, 9.17) is 5.73 Å². The van der Waals surface area contributed by atoms with Gasteiger partial charge in [-0.1, -0.05) is 26.0 Å². The molecule has 3 N–H and O–H groups in total. The van der Waals surface area contributed by atoms with Crippen LogP contribution in [0.3, 0.4) is 0 Å². The third-order valence-electron chi connectivity index (χ3n) is 3.35. The maximum absolute atomic E-state index is 5.60. The second-order valence-electron chi connectivity index (χ2n) is 5.13. The van der Waals surface area contributed by atoms with Gasteiger partial charge in [0.05, 0.1) is 10.2 Å². The summed E-state index contributed by atoms with van der Waals surface area (Å²) < 4.78 is 1.03. The second-order valence-corrected chi connectivity index (χ2v) is 5.93. The normalized spacial score (nSPS) is 11.3. The van der Waals surface area contributed by atoms with E-state index in [0.717, 1.165) is 22.3 Å². The quantitative estimate of drug-likeness (QED) is 0.900. The molecule has 102 valence electrons. The third-order valence-corrected chi connectivity index (χ3v) is 4.21. The molecule has 0 fully saturated rings. The van der Waals surface area contributed by atoms with E-state index in [1.54, 1.807) is 0 Å². The van der Waals surface area contributed by atoms with Gasteiger partial charge in [-0.05, 0) is 52.5 Å². The Morgan fingerprint density at radius 2 is 2.11 bits per heavy atom. The van der Waals surface area contributed by atoms with Gasteiger partial charge in [-0.15, -0.1) is 0 Å². The topological polar surface area (TPSA) is 54.7 Å². The van der Waals surface area contributed by atoms with Crippen LogP contribution in [0.2, 0.25) is 0 Å². The number of nitrogens with zero attached hydrogens (tertiary/aromatic N) is 1. The van der Waals surface area contributed by atoms with Crippen LogP contribution in [0.15, 0.2) is 22.7 Å². The Labute approximate surface area is 122 Å². The lowest BCUT2D eigenvalue weighted by Gasteiger charge is -2.10. The number of hydrogen-bond donors (Lipinski definition) is 2. The maximum Gasteiger partial charge on any atom is 0.107 e. The van der Waals surface area contributed by atoms with Gasteiger partial charge in [-0.2, -0.15) is 5.10 Å². The largest absolute Gasteiger partial charge is 0.330 e. The molecule has 2 rings (SSSR count). The van der Waals surface area contributed by atoms with E-state index in [9.17, 15) is 0 Å². The van der Waals surface area contributed by atoms with Crippen LogP contribution in [0.25, 0.3) is 11.3 Å². The molecule has 0 saturated carbocycles. The van der Waals surface area contributed by atoms with Crippen molar-refractivity contribution in [2.45, 2.75) is 33.1 Å². The molecule has 1 heterocycles. The van der Waals surface area contributed by atoms with Crippen LogP contribution >= 0.6 is 15.9 Å². The number of aromatic nitrogens is 2. The zero-order valence-corrected chi connectivity index (χ0v) is 13.2. The van der Waals surface area contributed by atoms with Gasteiger partial charge in [0.2, 0.25) is 0 Å². The highest BCUT2D eigenvalue weighted by atomic mass is 79.9. The molecule has 1 aromatic carbocycles. The predicted octanol–water partition coefficient (Wildman–Crippen LogP) is 3.77. The van der Waals surface area contributed by atoms with Crippen LogP contribution in [0.1, 0.15) is 36.6 Å². The fourth-order valence-corrected chi connectivity index (χ4v) is 2.70. The van der Waals surface area contributed by atoms with Crippen LogP contribution in [-0.4, -0.2) is 16.7 Å². The van der Waals surface area contributed by atoms with Gasteiger partial charge in [0.1, 0.15) is 5.69 Å². The molecule has 0 aliphatic carbocycles. The first-order valence-electron chi connectivity index (χ1n) is 6.58. The standard InChI is InChI=1S/C15H20BrN3/c1-9(2)11-5-4-10(3)12(8-11)15-14(16)13(6-7-17)18-19-15/h4-5,8-9H,6-7,17H2,1-3H3,(H,18,19). The van der Waals surface area contributed by atoms with E-state index in [2.05, 4.69) is 65.1 Å². The van der Waals surface area contributed by atoms with Crippen molar-refractivity contribution in [2.75, 3.05) is 6.54 Å². The monoisotopic (exact) mass is 321 g/mol. The average Bonchev–Trinajstić information content (AvgIpc) is 2.72. The minimum Gasteiger partial charge on any atom is -0.330 e. The Morgan fingerprint density at radius 3 is 2.74 bits per heavy atom. The van der Waals surface area contributed by atoms with Crippen LogP contribution < -0.4 is 5.73 Å². The SMILES string of the molecule is Cc1ccc(C(C)C)cc1-c1n[nH]c(CCN)c1Br. The molecule has 0 aliphatic heterocycles. The molecule has 0 atom stereocenters. The number of rotatable bonds is 4. The fourth-order valence-electron chi connectivity index (χ4n) is 2.11. The summed E-state index contributed by atoms with van der Waals surface area (Å²) in [4.78, 5) is 0. The summed E-state index contributed by atoms with van der Waals surface area (Å²) in [6, 6.07) is 6.58. The first-order valence-corrected chi connectivity index (χ1v) is 7.37. The van der Waals surface area contributed by atoms with Crippen molar-refractivity contribution in [2.24, 2.45) is 5.73 Å². The molecule has 0 aliphatic rings. The highest BCUT2D eigenvalue weighted by Gasteiger charge is 2.14. The summed E-state index contributed by atoms with van der Waals surface area (Å²) in [5.41, 5.74) is 11.4. The number of nitrogens with one attached hydrogen (secondary N) is 1. The predicted molar refractivity (Wildman–Crippen MR) is 83.3 cm³/mol. The lowest BCUT2D eigenvalue weighted by atomic mass is 9.96. The van der Waals surface area contributed by atoms with E-state index in [0.29, 0.717) is 12.5 Å². The van der Waals surface area contributed by atoms with E-state index in [1.807, 2.05) is 0 Å². The molecule has 2 aromatic rings. The molecule has 0 unspecified atom stereocenters. The molecule has 0 spiro atoms. The van der Waals surface area contributed by atoms with Crippen molar-refractivity contribution in [1.82, 2.24) is 10.2 Å². The lowest BCUT2D eigenvalue weighted by Crippen LogP contribution is -2.03. The molecular weight excluding hydrogens is 302 g/mol. The molecule has 4 heteroatoms. The van der Waals surface area contributed by atoms with E-state index in [1.165, 1.54) is 16.7 Å². The minimum absolute atomic E-state index is 0.514. The summed E-state index contributed by atoms with van der Waals surface area (Å²) in [6.45, 7) is 7.14. The van der Waals surface area contributed by atoms with Crippen LogP contribution in [0.4, 0.5) is 0 Å². The Bertz CT molecular complexity index is 573. The molecule has 0 radical (unpaired) electrons. The Kier molecular flexibility index (Phi) is 4.42. The summed E-state index contributed by atoms with van der Waals surface area (Å²) in [5, 5.41) is 7.51. The van der Waals surface area contributed by atoms with Crippen LogP contribution in [0.5, 0.6) is 0 Å². The molecule has 0 bridgehead atoms. The number of aryl methyl sites for hydroxylation is 1. The lowest BCUT2D eigenvalue weighted by molar-refractivity contribution is 0.866. The second kappa shape index (κ2) is 5.88. The molecule has 3 nitrogen and oxygen atoms in total. The molecular formula is C15H20BrN3. The van der Waals surface area contributed by atoms with Crippen molar-refractivity contribution in [3.8, 4) is 11.3 Å². The molecule has 0 amide bonds. The maximum atomic E-state index is 5.60. The smallest absolute Gasteiger partial charge is 0.107 e. The van der Waals surface area contributed by atoms with Crippen molar-refractivity contribution in [3.63, 3.8) is 0 Å². The Morgan fingerprint density at radius 1 is 1.37 bits per heavy atom. The molecule has 1 aromatic heterocycles. The fraction of sp³-hybridized carbons (Fsp3) is 0.400. The zero-order valence-electron chi connectivity index (χ0n) is 11.6. The molecule has 19 heavy (non-hydrogen) atoms. The first-order chi connectivity index (χ1) is 9.04. The Hall–Kier alpha value is -1.13. The van der Waals surface area contributed by atoms with E-state index in [-0.39, 0.29) is 0 Å². The van der Waals surface area contributed by atoms with Crippen molar-refractivity contribution < 1.29 is 0 Å². The number of nitrogens with two attached hydrogens (primary N) is 1. The number of H-pyrrole nitrogens is 1. The number of halogens is 1. The summed E-state index contributed by atoms with van der Waals surface area (Å²) in [6.07, 6.45) is 0.802. The van der Waals surface area contributed by atoms with Gasteiger partial charge in [0, 0.05) is 12.0 Å².